The lowest BCUT2D eigenvalue weighted by atomic mass is 10.0. The molecule has 0 amide bonds. The van der Waals surface area contributed by atoms with Crippen LogP contribution in [0.3, 0.4) is 0 Å². The fourth-order valence-corrected chi connectivity index (χ4v) is 7.04. The summed E-state index contributed by atoms with van der Waals surface area (Å²) >= 11 is 22.5. The SMILES string of the molecule is CCCCC1CNC(=S)NCc2ccc(cc2)N=Nc2ccc(cc2)CNC(=S)NCC(CCCC)CNC(=S)NCc2ccc(cc2)N=Nc2ccc(cc2)CNC(=S)NC1. The Morgan fingerprint density at radius 2 is 0.597 bits per heavy atom. The molecule has 0 aromatic heterocycles. The average Bonchev–Trinajstić information content (AvgIpc) is 3.30. The molecular weight excluding hydrogens is 849 g/mol. The van der Waals surface area contributed by atoms with Crippen LogP contribution in [0.5, 0.6) is 0 Å². The lowest BCUT2D eigenvalue weighted by molar-refractivity contribution is 0.451. The number of thiocarbonyl (C=S) groups is 4. The molecule has 0 fully saturated rings. The number of nitrogens with one attached hydrogen (secondary N) is 8. The fourth-order valence-electron chi connectivity index (χ4n) is 6.42. The minimum absolute atomic E-state index is 0.355. The van der Waals surface area contributed by atoms with Crippen molar-refractivity contribution in [2.45, 2.75) is 78.6 Å². The van der Waals surface area contributed by atoms with Gasteiger partial charge in [-0.15, -0.1) is 0 Å². The second-order valence-electron chi connectivity index (χ2n) is 15.3. The minimum Gasteiger partial charge on any atom is -0.362 e. The predicted molar refractivity (Wildman–Crippen MR) is 270 cm³/mol. The highest BCUT2D eigenvalue weighted by Gasteiger charge is 2.12. The van der Waals surface area contributed by atoms with E-state index in [-0.39, 0.29) is 0 Å². The van der Waals surface area contributed by atoms with Crippen molar-refractivity contribution in [3.63, 3.8) is 0 Å². The molecule has 16 heteroatoms. The van der Waals surface area contributed by atoms with Gasteiger partial charge in [-0.05, 0) is 144 Å². The maximum Gasteiger partial charge on any atom is 0.166 e. The van der Waals surface area contributed by atoms with Gasteiger partial charge in [0.1, 0.15) is 0 Å². The quantitative estimate of drug-likeness (QED) is 0.0873. The molecule has 8 N–H and O–H groups in total. The van der Waals surface area contributed by atoms with Crippen molar-refractivity contribution in [2.24, 2.45) is 32.3 Å². The van der Waals surface area contributed by atoms with Crippen LogP contribution in [0, 0.1) is 11.8 Å². The van der Waals surface area contributed by atoms with Gasteiger partial charge in [0.2, 0.25) is 0 Å². The van der Waals surface area contributed by atoms with Crippen molar-refractivity contribution in [2.75, 3.05) is 26.2 Å². The Morgan fingerprint density at radius 1 is 0.371 bits per heavy atom. The highest BCUT2D eigenvalue weighted by atomic mass is 32.1. The van der Waals surface area contributed by atoms with Crippen molar-refractivity contribution >= 4 is 92.1 Å². The van der Waals surface area contributed by atoms with Gasteiger partial charge in [-0.2, -0.15) is 20.5 Å². The van der Waals surface area contributed by atoms with E-state index < -0.39 is 0 Å². The van der Waals surface area contributed by atoms with Crippen molar-refractivity contribution in [3.8, 4) is 0 Å². The molecule has 7 aliphatic rings. The average molecular weight is 909 g/mol. The summed E-state index contributed by atoms with van der Waals surface area (Å²) in [4.78, 5) is 0. The van der Waals surface area contributed by atoms with Crippen molar-refractivity contribution in [1.82, 2.24) is 42.5 Å². The van der Waals surface area contributed by atoms with E-state index in [4.69, 9.17) is 48.9 Å². The number of hydrogen-bond donors (Lipinski definition) is 8. The maximum atomic E-state index is 5.63. The summed E-state index contributed by atoms with van der Waals surface area (Å²) < 4.78 is 0. The highest BCUT2D eigenvalue weighted by molar-refractivity contribution is 7.80. The number of azo groups is 2. The molecule has 0 spiro atoms. The van der Waals surface area contributed by atoms with Gasteiger partial charge < -0.3 is 42.5 Å². The number of hydrogen-bond acceptors (Lipinski definition) is 8. The van der Waals surface area contributed by atoms with Gasteiger partial charge in [-0.1, -0.05) is 88.1 Å². The van der Waals surface area contributed by atoms with Crippen LogP contribution >= 0.6 is 48.9 Å². The molecule has 4 aromatic carbocycles. The van der Waals surface area contributed by atoms with Gasteiger partial charge in [-0.3, -0.25) is 0 Å². The van der Waals surface area contributed by atoms with E-state index in [9.17, 15) is 0 Å². The van der Waals surface area contributed by atoms with E-state index in [1.165, 1.54) is 0 Å². The molecule has 0 atom stereocenters. The maximum absolute atomic E-state index is 5.63. The summed E-state index contributed by atoms with van der Waals surface area (Å²) in [5.41, 5.74) is 7.48. The van der Waals surface area contributed by atoms with Gasteiger partial charge in [-0.25, -0.2) is 0 Å². The van der Waals surface area contributed by atoms with Crippen LogP contribution < -0.4 is 42.5 Å². The van der Waals surface area contributed by atoms with Crippen molar-refractivity contribution in [3.05, 3.63) is 119 Å². The van der Waals surface area contributed by atoms with E-state index in [1.54, 1.807) is 0 Å². The van der Waals surface area contributed by atoms with Crippen molar-refractivity contribution in [1.29, 1.82) is 0 Å². The van der Waals surface area contributed by atoms with E-state index in [0.29, 0.717) is 58.5 Å². The zero-order valence-corrected chi connectivity index (χ0v) is 39.0. The van der Waals surface area contributed by atoms with E-state index >= 15 is 0 Å². The topological polar surface area (TPSA) is 146 Å². The van der Waals surface area contributed by atoms with Crippen LogP contribution in [0.4, 0.5) is 22.7 Å². The second-order valence-corrected chi connectivity index (χ2v) is 17.0. The van der Waals surface area contributed by atoms with Crippen LogP contribution in [-0.4, -0.2) is 46.6 Å². The Bertz CT molecular complexity index is 1770. The largest absolute Gasteiger partial charge is 0.362 e. The Labute approximate surface area is 388 Å². The van der Waals surface area contributed by atoms with E-state index in [0.717, 1.165) is 110 Å². The number of nitrogens with zero attached hydrogens (tertiary/aromatic N) is 4. The molecular formula is C46H60N12S4. The first-order chi connectivity index (χ1) is 30.2. The summed E-state index contributed by atoms with van der Waals surface area (Å²) in [6.45, 7) is 9.79. The first-order valence-electron chi connectivity index (χ1n) is 21.5. The molecule has 328 valence electrons. The molecule has 0 saturated heterocycles. The zero-order valence-electron chi connectivity index (χ0n) is 35.7. The molecule has 8 bridgehead atoms. The zero-order chi connectivity index (χ0) is 43.8. The molecule has 62 heavy (non-hydrogen) atoms. The molecule has 7 aliphatic heterocycles. The fraction of sp³-hybridized carbons (Fsp3) is 0.391. The van der Waals surface area contributed by atoms with Crippen LogP contribution in [-0.2, 0) is 26.2 Å². The Hall–Kier alpha value is -5.16. The van der Waals surface area contributed by atoms with Crippen LogP contribution in [0.1, 0.15) is 74.6 Å². The summed E-state index contributed by atoms with van der Waals surface area (Å²) in [6, 6.07) is 31.9. The van der Waals surface area contributed by atoms with Gasteiger partial charge >= 0.3 is 0 Å². The third-order valence-electron chi connectivity index (χ3n) is 10.3. The standard InChI is InChI=1S/C46H60N12S4/c1-3-5-7-37-29-51-43(59)47-25-33-9-17-39(18-10-33)55-57-41-21-13-35(14-22-41)27-49-45(61)53-31-38(8-6-4-2)32-54-46(62)50-28-36-15-23-42(24-16-36)58-56-40-19-11-34(12-20-40)26-48-44(60)52-30-37/h9-24,37-38H,3-8,25-32H2,1-2H3,(H2,47,51,59)(H2,48,52,60)(H2,49,53,61)(H2,50,54,62). The third-order valence-corrected chi connectivity index (χ3v) is 11.4. The Morgan fingerprint density at radius 3 is 0.806 bits per heavy atom. The van der Waals surface area contributed by atoms with E-state index in [2.05, 4.69) is 76.8 Å². The highest BCUT2D eigenvalue weighted by Crippen LogP contribution is 2.21. The lowest BCUT2D eigenvalue weighted by Gasteiger charge is -2.21. The number of benzene rings is 4. The second kappa shape index (κ2) is 27.0. The first kappa shape index (κ1) is 47.9. The summed E-state index contributed by atoms with van der Waals surface area (Å²) in [5, 5.41) is 47.2. The first-order valence-corrected chi connectivity index (χ1v) is 23.1. The minimum atomic E-state index is 0.355. The van der Waals surface area contributed by atoms with Crippen LogP contribution in [0.15, 0.2) is 118 Å². The summed E-state index contributed by atoms with van der Waals surface area (Å²) in [6.07, 6.45) is 6.65. The monoisotopic (exact) mass is 908 g/mol. The van der Waals surface area contributed by atoms with Crippen LogP contribution in [0.2, 0.25) is 0 Å². The molecule has 4 aromatic rings. The van der Waals surface area contributed by atoms with Gasteiger partial charge in [0.25, 0.3) is 0 Å². The molecule has 7 heterocycles. The molecule has 0 unspecified atom stereocenters. The number of unbranched alkanes of at least 4 members (excludes halogenated alkanes) is 2. The molecule has 0 aliphatic carbocycles. The van der Waals surface area contributed by atoms with Crippen molar-refractivity contribution < 1.29 is 0 Å². The summed E-state index contributed by atoms with van der Waals surface area (Å²) in [7, 11) is 0. The molecule has 0 radical (unpaired) electrons. The van der Waals surface area contributed by atoms with Gasteiger partial charge in [0.15, 0.2) is 20.4 Å². The van der Waals surface area contributed by atoms with Crippen LogP contribution in [0.25, 0.3) is 0 Å². The molecule has 12 nitrogen and oxygen atoms in total. The molecule has 0 saturated carbocycles. The van der Waals surface area contributed by atoms with Gasteiger partial charge in [0, 0.05) is 52.4 Å². The number of rotatable bonds is 6. The van der Waals surface area contributed by atoms with Gasteiger partial charge in [0.05, 0.1) is 22.7 Å². The Balaban J connectivity index is 1.19. The van der Waals surface area contributed by atoms with E-state index in [1.807, 2.05) is 97.1 Å². The third kappa shape index (κ3) is 18.4. The Kier molecular flexibility index (Phi) is 20.9. The smallest absolute Gasteiger partial charge is 0.166 e. The lowest BCUT2D eigenvalue weighted by Crippen LogP contribution is -2.42. The molecule has 11 rings (SSSR count). The predicted octanol–water partition coefficient (Wildman–Crippen LogP) is 9.70. The summed E-state index contributed by atoms with van der Waals surface area (Å²) in [5.74, 6) is 0.709. The normalized spacial score (nSPS) is 17.8.